The van der Waals surface area contributed by atoms with Gasteiger partial charge in [-0.15, -0.1) is 0 Å². The minimum Gasteiger partial charge on any atom is -0.493 e. The third-order valence-corrected chi connectivity index (χ3v) is 2.83. The van der Waals surface area contributed by atoms with Crippen LogP contribution in [0.15, 0.2) is 35.4 Å². The van der Waals surface area contributed by atoms with E-state index in [1.807, 2.05) is 6.07 Å². The molecule has 0 radical (unpaired) electrons. The molecule has 0 atom stereocenters. The van der Waals surface area contributed by atoms with Crippen molar-refractivity contribution in [3.05, 3.63) is 52.2 Å². The molecule has 102 valence electrons. The Kier molecular flexibility index (Phi) is 4.01. The first-order chi connectivity index (χ1) is 9.71. The van der Waals surface area contributed by atoms with Gasteiger partial charge in [0, 0.05) is 18.5 Å². The van der Waals surface area contributed by atoms with Gasteiger partial charge >= 0.3 is 0 Å². The summed E-state index contributed by atoms with van der Waals surface area (Å²) in [7, 11) is 3.04. The summed E-state index contributed by atoms with van der Waals surface area (Å²) in [6.45, 7) is 0.203. The molecule has 0 N–H and O–H groups in total. The molecular formula is C14H13N3O3. The molecule has 2 aromatic heterocycles. The van der Waals surface area contributed by atoms with E-state index < -0.39 is 0 Å². The second-order valence-electron chi connectivity index (χ2n) is 3.96. The zero-order valence-electron chi connectivity index (χ0n) is 11.2. The lowest BCUT2D eigenvalue weighted by atomic mass is 10.2. The molecule has 0 saturated carbocycles. The SMILES string of the molecule is COc1ccnc(Cn2cccc(C#N)c2=O)c1OC. The summed E-state index contributed by atoms with van der Waals surface area (Å²) in [6, 6.07) is 6.67. The van der Waals surface area contributed by atoms with E-state index in [2.05, 4.69) is 4.98 Å². The molecule has 0 aliphatic heterocycles. The Hall–Kier alpha value is -2.81. The first-order valence-electron chi connectivity index (χ1n) is 5.86. The first kappa shape index (κ1) is 13.6. The van der Waals surface area contributed by atoms with E-state index in [0.717, 1.165) is 0 Å². The van der Waals surface area contributed by atoms with Gasteiger partial charge in [0.05, 0.1) is 20.8 Å². The molecule has 0 spiro atoms. The van der Waals surface area contributed by atoms with Crippen LogP contribution in [-0.4, -0.2) is 23.8 Å². The third kappa shape index (κ3) is 2.47. The predicted molar refractivity (Wildman–Crippen MR) is 71.9 cm³/mol. The fourth-order valence-corrected chi connectivity index (χ4v) is 1.87. The number of hydrogen-bond donors (Lipinski definition) is 0. The molecule has 0 saturated heterocycles. The highest BCUT2D eigenvalue weighted by atomic mass is 16.5. The normalized spacial score (nSPS) is 9.85. The van der Waals surface area contributed by atoms with Gasteiger partial charge in [-0.1, -0.05) is 0 Å². The van der Waals surface area contributed by atoms with Crippen LogP contribution in [0.25, 0.3) is 0 Å². The molecule has 0 aliphatic rings. The number of nitriles is 1. The molecule has 0 bridgehead atoms. The summed E-state index contributed by atoms with van der Waals surface area (Å²) in [5.41, 5.74) is 0.292. The van der Waals surface area contributed by atoms with Crippen molar-refractivity contribution in [2.75, 3.05) is 14.2 Å². The molecule has 2 heterocycles. The number of nitrogens with zero attached hydrogens (tertiary/aromatic N) is 3. The molecule has 2 rings (SSSR count). The van der Waals surface area contributed by atoms with Crippen LogP contribution in [0.1, 0.15) is 11.3 Å². The highest BCUT2D eigenvalue weighted by molar-refractivity contribution is 5.42. The number of methoxy groups -OCH3 is 2. The lowest BCUT2D eigenvalue weighted by molar-refractivity contribution is 0.348. The minimum absolute atomic E-state index is 0.0920. The van der Waals surface area contributed by atoms with Crippen LogP contribution in [0.3, 0.4) is 0 Å². The van der Waals surface area contributed by atoms with Gasteiger partial charge < -0.3 is 14.0 Å². The molecule has 6 heteroatoms. The fraction of sp³-hybridized carbons (Fsp3) is 0.214. The van der Waals surface area contributed by atoms with Crippen molar-refractivity contribution in [2.45, 2.75) is 6.54 Å². The molecule has 0 aliphatic carbocycles. The van der Waals surface area contributed by atoms with Gasteiger partial charge in [-0.2, -0.15) is 5.26 Å². The number of rotatable bonds is 4. The minimum atomic E-state index is -0.360. The summed E-state index contributed by atoms with van der Waals surface area (Å²) in [6.07, 6.45) is 3.18. The van der Waals surface area contributed by atoms with Gasteiger partial charge in [-0.25, -0.2) is 0 Å². The van der Waals surface area contributed by atoms with Crippen LogP contribution in [0.5, 0.6) is 11.5 Å². The van der Waals surface area contributed by atoms with Crippen LogP contribution in [0.4, 0.5) is 0 Å². The Bertz CT molecular complexity index is 716. The molecule has 20 heavy (non-hydrogen) atoms. The van der Waals surface area contributed by atoms with Crippen molar-refractivity contribution in [2.24, 2.45) is 0 Å². The van der Waals surface area contributed by atoms with Crippen molar-refractivity contribution in [1.29, 1.82) is 5.26 Å². The summed E-state index contributed by atoms with van der Waals surface area (Å²) in [5, 5.41) is 8.87. The maximum atomic E-state index is 12.0. The average Bonchev–Trinajstić information content (AvgIpc) is 2.49. The fourth-order valence-electron chi connectivity index (χ4n) is 1.87. The van der Waals surface area contributed by atoms with Crippen molar-refractivity contribution >= 4 is 0 Å². The van der Waals surface area contributed by atoms with Crippen LogP contribution in [-0.2, 0) is 6.54 Å². The van der Waals surface area contributed by atoms with Crippen molar-refractivity contribution in [3.63, 3.8) is 0 Å². The van der Waals surface area contributed by atoms with Gasteiger partial charge in [-0.3, -0.25) is 9.78 Å². The molecule has 2 aromatic rings. The number of hydrogen-bond acceptors (Lipinski definition) is 5. The van der Waals surface area contributed by atoms with Crippen molar-refractivity contribution in [1.82, 2.24) is 9.55 Å². The smallest absolute Gasteiger partial charge is 0.268 e. The molecule has 0 fully saturated rings. The standard InChI is InChI=1S/C14H13N3O3/c1-19-12-5-6-16-11(13(12)20-2)9-17-7-3-4-10(8-15)14(17)18/h3-7H,9H2,1-2H3. The van der Waals surface area contributed by atoms with Crippen molar-refractivity contribution < 1.29 is 9.47 Å². The van der Waals surface area contributed by atoms with E-state index in [4.69, 9.17) is 14.7 Å². The summed E-state index contributed by atoms with van der Waals surface area (Å²) >= 11 is 0. The maximum Gasteiger partial charge on any atom is 0.268 e. The van der Waals surface area contributed by atoms with Crippen molar-refractivity contribution in [3.8, 4) is 17.6 Å². The quantitative estimate of drug-likeness (QED) is 0.834. The average molecular weight is 271 g/mol. The Morgan fingerprint density at radius 3 is 2.80 bits per heavy atom. The van der Waals surface area contributed by atoms with E-state index in [0.29, 0.717) is 17.2 Å². The topological polar surface area (TPSA) is 77.1 Å². The van der Waals surface area contributed by atoms with E-state index in [-0.39, 0.29) is 17.7 Å². The van der Waals surface area contributed by atoms with Gasteiger partial charge in [0.25, 0.3) is 5.56 Å². The van der Waals surface area contributed by atoms with Crippen LogP contribution in [0, 0.1) is 11.3 Å². The highest BCUT2D eigenvalue weighted by Crippen LogP contribution is 2.29. The lowest BCUT2D eigenvalue weighted by Crippen LogP contribution is -2.22. The van der Waals surface area contributed by atoms with Crippen LogP contribution < -0.4 is 15.0 Å². The predicted octanol–water partition coefficient (Wildman–Crippen LogP) is 1.18. The Balaban J connectivity index is 2.46. The van der Waals surface area contributed by atoms with Crippen LogP contribution >= 0.6 is 0 Å². The maximum absolute atomic E-state index is 12.0. The van der Waals surface area contributed by atoms with E-state index in [1.54, 1.807) is 24.5 Å². The van der Waals surface area contributed by atoms with Gasteiger partial charge in [0.1, 0.15) is 17.3 Å². The van der Waals surface area contributed by atoms with Crippen LogP contribution in [0.2, 0.25) is 0 Å². The summed E-state index contributed by atoms with van der Waals surface area (Å²) < 4.78 is 11.9. The first-order valence-corrected chi connectivity index (χ1v) is 5.86. The third-order valence-electron chi connectivity index (χ3n) is 2.83. The Morgan fingerprint density at radius 2 is 2.15 bits per heavy atom. The molecular weight excluding hydrogens is 258 g/mol. The van der Waals surface area contributed by atoms with Gasteiger partial charge in [-0.05, 0) is 12.1 Å². The lowest BCUT2D eigenvalue weighted by Gasteiger charge is -2.12. The Morgan fingerprint density at radius 1 is 1.35 bits per heavy atom. The zero-order valence-corrected chi connectivity index (χ0v) is 11.2. The number of aromatic nitrogens is 2. The second-order valence-corrected chi connectivity index (χ2v) is 3.96. The van der Waals surface area contributed by atoms with E-state index in [1.165, 1.54) is 24.9 Å². The monoisotopic (exact) mass is 271 g/mol. The number of pyridine rings is 2. The Labute approximate surface area is 115 Å². The second kappa shape index (κ2) is 5.89. The molecule has 6 nitrogen and oxygen atoms in total. The molecule has 0 aromatic carbocycles. The number of ether oxygens (including phenoxy) is 2. The summed E-state index contributed by atoms with van der Waals surface area (Å²) in [4.78, 5) is 16.2. The zero-order chi connectivity index (χ0) is 14.5. The van der Waals surface area contributed by atoms with E-state index >= 15 is 0 Å². The molecule has 0 amide bonds. The van der Waals surface area contributed by atoms with Gasteiger partial charge in [0.15, 0.2) is 11.5 Å². The van der Waals surface area contributed by atoms with E-state index in [9.17, 15) is 4.79 Å². The highest BCUT2D eigenvalue weighted by Gasteiger charge is 2.12. The largest absolute Gasteiger partial charge is 0.493 e. The summed E-state index contributed by atoms with van der Waals surface area (Å²) in [5.74, 6) is 1.02. The van der Waals surface area contributed by atoms with Gasteiger partial charge in [0.2, 0.25) is 0 Å². The molecule has 0 unspecified atom stereocenters.